The van der Waals surface area contributed by atoms with Crippen molar-refractivity contribution in [3.05, 3.63) is 6.92 Å². The van der Waals surface area contributed by atoms with Crippen molar-refractivity contribution in [2.24, 2.45) is 17.3 Å². The second-order valence-electron chi connectivity index (χ2n) is 4.70. The molecule has 2 atom stereocenters. The third-order valence-electron chi connectivity index (χ3n) is 3.69. The van der Waals surface area contributed by atoms with Crippen molar-refractivity contribution in [3.63, 3.8) is 0 Å². The van der Waals surface area contributed by atoms with Gasteiger partial charge < -0.3 is 0 Å². The van der Waals surface area contributed by atoms with E-state index in [2.05, 4.69) is 41.5 Å². The average molecular weight is 169 g/mol. The Balaban J connectivity index is 4.16. The Morgan fingerprint density at radius 3 is 2.00 bits per heavy atom. The Bertz CT molecular complexity index is 113. The lowest BCUT2D eigenvalue weighted by Gasteiger charge is -2.37. The molecule has 0 aliphatic rings. The molecule has 0 N–H and O–H groups in total. The highest BCUT2D eigenvalue weighted by Crippen LogP contribution is 2.38. The maximum Gasteiger partial charge on any atom is -0.0303 e. The fraction of sp³-hybridized carbons (Fsp3) is 0.917. The molecule has 0 fully saturated rings. The van der Waals surface area contributed by atoms with Crippen molar-refractivity contribution in [1.82, 2.24) is 0 Å². The van der Waals surface area contributed by atoms with Crippen LogP contribution in [0.4, 0.5) is 0 Å². The van der Waals surface area contributed by atoms with Gasteiger partial charge in [-0.1, -0.05) is 60.8 Å². The molecule has 0 aromatic heterocycles. The van der Waals surface area contributed by atoms with Gasteiger partial charge in [-0.15, -0.1) is 0 Å². The van der Waals surface area contributed by atoms with Crippen LogP contribution in [0.5, 0.6) is 0 Å². The predicted octanol–water partition coefficient (Wildman–Crippen LogP) is 4.31. The Labute approximate surface area is 78.8 Å². The van der Waals surface area contributed by atoms with Crippen molar-refractivity contribution < 1.29 is 0 Å². The summed E-state index contributed by atoms with van der Waals surface area (Å²) in [6.45, 7) is 15.7. The van der Waals surface area contributed by atoms with Gasteiger partial charge in [-0.05, 0) is 17.3 Å². The Morgan fingerprint density at radius 1 is 1.17 bits per heavy atom. The Hall–Kier alpha value is 0. The molecular formula is C12H25. The highest BCUT2D eigenvalue weighted by atomic mass is 14.3. The standard InChI is InChI=1S/C12H25/c1-7-9-11(4)12(5,6)10(3)8-2/h10-11H,2,7-9H2,1,3-6H3. The smallest absolute Gasteiger partial charge is 0.0303 e. The maximum atomic E-state index is 3.99. The highest BCUT2D eigenvalue weighted by Gasteiger charge is 2.29. The van der Waals surface area contributed by atoms with Crippen LogP contribution in [-0.4, -0.2) is 0 Å². The molecule has 0 rings (SSSR count). The molecule has 0 nitrogen and oxygen atoms in total. The molecule has 0 amide bonds. The molecule has 0 heteroatoms. The largest absolute Gasteiger partial charge is 0.0654 e. The molecule has 0 aromatic carbocycles. The minimum absolute atomic E-state index is 0.456. The molecule has 0 aromatic rings. The molecule has 0 spiro atoms. The average Bonchev–Trinajstić information content (AvgIpc) is 2.03. The van der Waals surface area contributed by atoms with E-state index in [4.69, 9.17) is 0 Å². The van der Waals surface area contributed by atoms with Crippen LogP contribution < -0.4 is 0 Å². The summed E-state index contributed by atoms with van der Waals surface area (Å²) in [7, 11) is 0. The van der Waals surface area contributed by atoms with Crippen LogP contribution in [0.15, 0.2) is 0 Å². The van der Waals surface area contributed by atoms with Crippen LogP contribution in [-0.2, 0) is 0 Å². The summed E-state index contributed by atoms with van der Waals surface area (Å²) >= 11 is 0. The SMILES string of the molecule is [CH2]CC(C)C(C)(C)C(C)CCC. The zero-order valence-electron chi connectivity index (χ0n) is 9.48. The molecule has 0 saturated heterocycles. The second-order valence-corrected chi connectivity index (χ2v) is 4.70. The van der Waals surface area contributed by atoms with Gasteiger partial charge >= 0.3 is 0 Å². The fourth-order valence-electron chi connectivity index (χ4n) is 1.66. The van der Waals surface area contributed by atoms with Crippen molar-refractivity contribution in [2.45, 2.75) is 53.9 Å². The zero-order chi connectivity index (χ0) is 9.78. The fourth-order valence-corrected chi connectivity index (χ4v) is 1.66. The molecule has 73 valence electrons. The van der Waals surface area contributed by atoms with Crippen molar-refractivity contribution in [2.75, 3.05) is 0 Å². The van der Waals surface area contributed by atoms with Crippen LogP contribution >= 0.6 is 0 Å². The first-order valence-corrected chi connectivity index (χ1v) is 5.26. The summed E-state index contributed by atoms with van der Waals surface area (Å²) in [5.41, 5.74) is 0.456. The van der Waals surface area contributed by atoms with Gasteiger partial charge in [-0.25, -0.2) is 0 Å². The highest BCUT2D eigenvalue weighted by molar-refractivity contribution is 4.80. The van der Waals surface area contributed by atoms with Gasteiger partial charge in [0.05, 0.1) is 0 Å². The number of hydrogen-bond donors (Lipinski definition) is 0. The van der Waals surface area contributed by atoms with E-state index in [1.807, 2.05) is 0 Å². The van der Waals surface area contributed by atoms with E-state index in [0.717, 1.165) is 18.3 Å². The third-order valence-corrected chi connectivity index (χ3v) is 3.69. The summed E-state index contributed by atoms with van der Waals surface area (Å²) in [6, 6.07) is 0. The molecule has 0 aliphatic carbocycles. The van der Waals surface area contributed by atoms with Crippen LogP contribution in [0.2, 0.25) is 0 Å². The van der Waals surface area contributed by atoms with Gasteiger partial charge in [0.1, 0.15) is 0 Å². The lowest BCUT2D eigenvalue weighted by Crippen LogP contribution is -2.28. The Kier molecular flexibility index (Phi) is 4.89. The molecule has 0 saturated carbocycles. The quantitative estimate of drug-likeness (QED) is 0.575. The van der Waals surface area contributed by atoms with Crippen LogP contribution in [0.3, 0.4) is 0 Å². The van der Waals surface area contributed by atoms with Gasteiger partial charge in [0.25, 0.3) is 0 Å². The van der Waals surface area contributed by atoms with E-state index in [-0.39, 0.29) is 0 Å². The maximum absolute atomic E-state index is 3.99. The summed E-state index contributed by atoms with van der Waals surface area (Å²) in [5, 5.41) is 0. The van der Waals surface area contributed by atoms with E-state index in [0.29, 0.717) is 5.41 Å². The van der Waals surface area contributed by atoms with Gasteiger partial charge in [-0.3, -0.25) is 0 Å². The minimum atomic E-state index is 0.456. The predicted molar refractivity (Wildman–Crippen MR) is 57.0 cm³/mol. The second kappa shape index (κ2) is 4.89. The van der Waals surface area contributed by atoms with Crippen LogP contribution in [0.25, 0.3) is 0 Å². The monoisotopic (exact) mass is 169 g/mol. The lowest BCUT2D eigenvalue weighted by atomic mass is 9.68. The molecule has 12 heavy (non-hydrogen) atoms. The van der Waals surface area contributed by atoms with Crippen molar-refractivity contribution in [1.29, 1.82) is 0 Å². The topological polar surface area (TPSA) is 0 Å². The molecule has 2 unspecified atom stereocenters. The van der Waals surface area contributed by atoms with E-state index >= 15 is 0 Å². The first kappa shape index (κ1) is 12.0. The van der Waals surface area contributed by atoms with Gasteiger partial charge in [0.15, 0.2) is 0 Å². The lowest BCUT2D eigenvalue weighted by molar-refractivity contribution is 0.131. The van der Waals surface area contributed by atoms with Gasteiger partial charge in [0, 0.05) is 0 Å². The molecule has 0 aliphatic heterocycles. The minimum Gasteiger partial charge on any atom is -0.0654 e. The van der Waals surface area contributed by atoms with Crippen LogP contribution in [0.1, 0.15) is 53.9 Å². The zero-order valence-corrected chi connectivity index (χ0v) is 9.48. The van der Waals surface area contributed by atoms with Crippen molar-refractivity contribution in [3.8, 4) is 0 Å². The summed E-state index contributed by atoms with van der Waals surface area (Å²) in [4.78, 5) is 0. The summed E-state index contributed by atoms with van der Waals surface area (Å²) in [6.07, 6.45) is 3.70. The van der Waals surface area contributed by atoms with Crippen LogP contribution in [0, 0.1) is 24.2 Å². The van der Waals surface area contributed by atoms with E-state index in [1.54, 1.807) is 0 Å². The Morgan fingerprint density at radius 2 is 1.67 bits per heavy atom. The van der Waals surface area contributed by atoms with E-state index < -0.39 is 0 Å². The normalized spacial score (nSPS) is 17.5. The first-order valence-electron chi connectivity index (χ1n) is 5.26. The molecule has 0 bridgehead atoms. The van der Waals surface area contributed by atoms with E-state index in [1.165, 1.54) is 12.8 Å². The number of hydrogen-bond acceptors (Lipinski definition) is 0. The molecule has 0 heterocycles. The third kappa shape index (κ3) is 2.80. The van der Waals surface area contributed by atoms with Gasteiger partial charge in [0.2, 0.25) is 0 Å². The van der Waals surface area contributed by atoms with Crippen molar-refractivity contribution >= 4 is 0 Å². The molecular weight excluding hydrogens is 144 g/mol. The number of rotatable bonds is 5. The first-order chi connectivity index (χ1) is 5.46. The summed E-state index contributed by atoms with van der Waals surface area (Å²) < 4.78 is 0. The van der Waals surface area contributed by atoms with E-state index in [9.17, 15) is 0 Å². The molecule has 1 radical (unpaired) electrons. The summed E-state index contributed by atoms with van der Waals surface area (Å²) in [5.74, 6) is 1.55. The van der Waals surface area contributed by atoms with Gasteiger partial charge in [-0.2, -0.15) is 0 Å².